The van der Waals surface area contributed by atoms with E-state index in [2.05, 4.69) is 36.4 Å². The Morgan fingerprint density at radius 3 is 1.47 bits per heavy atom. The second-order valence-corrected chi connectivity index (χ2v) is 8.45. The van der Waals surface area contributed by atoms with Gasteiger partial charge in [-0.05, 0) is 45.5 Å². The largest absolute Gasteiger partial charge is 0.805 e. The van der Waals surface area contributed by atoms with Gasteiger partial charge in [0.1, 0.15) is 0 Å². The van der Waals surface area contributed by atoms with Gasteiger partial charge in [0.2, 0.25) is 0 Å². The van der Waals surface area contributed by atoms with Gasteiger partial charge >= 0.3 is 8.25 Å². The molecule has 0 spiro atoms. The van der Waals surface area contributed by atoms with Crippen LogP contribution in [0.3, 0.4) is 0 Å². The van der Waals surface area contributed by atoms with E-state index in [0.717, 1.165) is 35.1 Å². The normalized spacial score (nSPS) is 12.5. The van der Waals surface area contributed by atoms with Crippen molar-refractivity contribution in [1.82, 2.24) is 0 Å². The van der Waals surface area contributed by atoms with Crippen LogP contribution in [0.15, 0.2) is 84.9 Å². The molecule has 30 heavy (non-hydrogen) atoms. The predicted octanol–water partition coefficient (Wildman–Crippen LogP) is 6.94. The molecule has 4 aromatic carbocycles. The van der Waals surface area contributed by atoms with Crippen molar-refractivity contribution in [1.29, 1.82) is 0 Å². The van der Waals surface area contributed by atoms with Crippen LogP contribution in [0, 0.1) is 0 Å². The lowest BCUT2D eigenvalue weighted by molar-refractivity contribution is 0.413. The zero-order valence-corrected chi connectivity index (χ0v) is 17.1. The maximum absolute atomic E-state index is 12.8. The lowest BCUT2D eigenvalue weighted by atomic mass is 10.1. The average molecular weight is 409 g/mol. The van der Waals surface area contributed by atoms with Gasteiger partial charge in [-0.15, -0.1) is 0 Å². The van der Waals surface area contributed by atoms with Crippen molar-refractivity contribution in [2.45, 2.75) is 12.8 Å². The molecule has 0 bridgehead atoms. The molecular weight excluding hydrogens is 391 g/mol. The van der Waals surface area contributed by atoms with Crippen LogP contribution in [0.1, 0.15) is 22.3 Å². The van der Waals surface area contributed by atoms with Gasteiger partial charge in [0.15, 0.2) is 11.5 Å². The van der Waals surface area contributed by atoms with E-state index in [1.54, 1.807) is 0 Å². The van der Waals surface area contributed by atoms with E-state index >= 15 is 0 Å². The van der Waals surface area contributed by atoms with Crippen LogP contribution in [0.4, 0.5) is 0 Å². The minimum absolute atomic E-state index is 0.626. The van der Waals surface area contributed by atoms with E-state index in [-0.39, 0.29) is 0 Å². The molecular formula is C26H18O3P+. The van der Waals surface area contributed by atoms with Gasteiger partial charge in [-0.3, -0.25) is 0 Å². The molecule has 2 aliphatic rings. The minimum Gasteiger partial charge on any atom is -0.222 e. The van der Waals surface area contributed by atoms with Crippen LogP contribution in [0.25, 0.3) is 22.3 Å². The fraction of sp³-hybridized carbons (Fsp3) is 0.0769. The number of hydrogen-bond donors (Lipinski definition) is 0. The first kappa shape index (κ1) is 17.4. The van der Waals surface area contributed by atoms with Crippen molar-refractivity contribution in [3.63, 3.8) is 0 Å². The predicted molar refractivity (Wildman–Crippen MR) is 118 cm³/mol. The summed E-state index contributed by atoms with van der Waals surface area (Å²) in [5.74, 6) is 1.25. The fourth-order valence-electron chi connectivity index (χ4n) is 4.61. The maximum atomic E-state index is 12.8. The third-order valence-electron chi connectivity index (χ3n) is 5.96. The van der Waals surface area contributed by atoms with Crippen LogP contribution in [0.5, 0.6) is 11.5 Å². The smallest absolute Gasteiger partial charge is 0.222 e. The first-order chi connectivity index (χ1) is 14.8. The molecule has 0 aromatic heterocycles. The van der Waals surface area contributed by atoms with Crippen molar-refractivity contribution in [2.75, 3.05) is 0 Å². The first-order valence-electron chi connectivity index (χ1n) is 10.0. The van der Waals surface area contributed by atoms with Gasteiger partial charge in [0.25, 0.3) is 0 Å². The highest BCUT2D eigenvalue weighted by Crippen LogP contribution is 2.46. The van der Waals surface area contributed by atoms with Crippen LogP contribution in [-0.4, -0.2) is 0 Å². The topological polar surface area (TPSA) is 35.5 Å². The summed E-state index contributed by atoms with van der Waals surface area (Å²) in [5, 5.41) is 0. The third-order valence-corrected chi connectivity index (χ3v) is 6.65. The molecule has 0 aliphatic heterocycles. The highest BCUT2D eigenvalue weighted by molar-refractivity contribution is 7.34. The van der Waals surface area contributed by atoms with Crippen molar-refractivity contribution < 1.29 is 13.6 Å². The SMILES string of the molecule is O=[P+](Oc1cccc2c1Cc1ccccc1-2)Oc1cccc2c1Cc1ccccc1-2. The molecule has 0 fully saturated rings. The lowest BCUT2D eigenvalue weighted by Crippen LogP contribution is -1.95. The molecule has 0 saturated carbocycles. The zero-order valence-electron chi connectivity index (χ0n) is 16.2. The van der Waals surface area contributed by atoms with Crippen LogP contribution in [0.2, 0.25) is 0 Å². The monoisotopic (exact) mass is 409 g/mol. The first-order valence-corrected chi connectivity index (χ1v) is 11.1. The Morgan fingerprint density at radius 1 is 0.533 bits per heavy atom. The molecule has 0 radical (unpaired) electrons. The van der Waals surface area contributed by atoms with E-state index in [1.165, 1.54) is 22.3 Å². The molecule has 4 aromatic rings. The third kappa shape index (κ3) is 2.74. The summed E-state index contributed by atoms with van der Waals surface area (Å²) in [6, 6.07) is 28.4. The zero-order chi connectivity index (χ0) is 20.1. The summed E-state index contributed by atoms with van der Waals surface area (Å²) in [7, 11) is -2.35. The van der Waals surface area contributed by atoms with Crippen LogP contribution < -0.4 is 9.05 Å². The molecule has 0 N–H and O–H groups in total. The molecule has 0 saturated heterocycles. The Labute approximate surface area is 175 Å². The van der Waals surface area contributed by atoms with E-state index in [4.69, 9.17) is 9.05 Å². The van der Waals surface area contributed by atoms with Gasteiger partial charge in [0.05, 0.1) is 0 Å². The number of rotatable bonds is 4. The van der Waals surface area contributed by atoms with E-state index < -0.39 is 8.25 Å². The van der Waals surface area contributed by atoms with E-state index in [1.807, 2.05) is 48.5 Å². The lowest BCUT2D eigenvalue weighted by Gasteiger charge is -2.04. The molecule has 2 aliphatic carbocycles. The minimum atomic E-state index is -2.35. The number of hydrogen-bond acceptors (Lipinski definition) is 3. The van der Waals surface area contributed by atoms with Gasteiger partial charge < -0.3 is 0 Å². The Hall–Kier alpha value is -3.42. The Morgan fingerprint density at radius 2 is 0.967 bits per heavy atom. The van der Waals surface area contributed by atoms with Crippen LogP contribution in [-0.2, 0) is 17.4 Å². The van der Waals surface area contributed by atoms with Crippen molar-refractivity contribution in [3.8, 4) is 33.8 Å². The standard InChI is InChI=1S/C26H18O3P/c27-30(28-25-13-5-11-21-19-9-3-1-7-17(19)15-23(21)25)29-26-14-6-12-22-20-10-4-2-8-18(20)16-24(22)26/h1-14H,15-16H2/q+1. The van der Waals surface area contributed by atoms with Gasteiger partial charge in [-0.2, -0.15) is 0 Å². The van der Waals surface area contributed by atoms with Gasteiger partial charge in [0, 0.05) is 28.5 Å². The van der Waals surface area contributed by atoms with Crippen molar-refractivity contribution >= 4 is 8.25 Å². The summed E-state index contributed by atoms with van der Waals surface area (Å²) in [5.41, 5.74) is 9.37. The van der Waals surface area contributed by atoms with Crippen molar-refractivity contribution in [2.24, 2.45) is 0 Å². The van der Waals surface area contributed by atoms with E-state index in [0.29, 0.717) is 11.5 Å². The van der Waals surface area contributed by atoms with Crippen molar-refractivity contribution in [3.05, 3.63) is 107 Å². The summed E-state index contributed by atoms with van der Waals surface area (Å²) in [6.45, 7) is 0. The number of fused-ring (bicyclic) bond motifs is 6. The summed E-state index contributed by atoms with van der Waals surface area (Å²) < 4.78 is 24.5. The second kappa shape index (κ2) is 6.83. The fourth-order valence-corrected chi connectivity index (χ4v) is 5.31. The van der Waals surface area contributed by atoms with Gasteiger partial charge in [-0.25, -0.2) is 9.05 Å². The Bertz CT molecular complexity index is 1220. The molecule has 4 heteroatoms. The molecule has 0 heterocycles. The molecule has 0 atom stereocenters. The average Bonchev–Trinajstić information content (AvgIpc) is 3.34. The molecule has 3 nitrogen and oxygen atoms in total. The second-order valence-electron chi connectivity index (χ2n) is 7.64. The van der Waals surface area contributed by atoms with Crippen LogP contribution >= 0.6 is 8.25 Å². The molecule has 6 rings (SSSR count). The Kier molecular flexibility index (Phi) is 3.97. The summed E-state index contributed by atoms with van der Waals surface area (Å²) in [6.07, 6.45) is 1.56. The summed E-state index contributed by atoms with van der Waals surface area (Å²) >= 11 is 0. The maximum Gasteiger partial charge on any atom is 0.805 e. The molecule has 0 unspecified atom stereocenters. The van der Waals surface area contributed by atoms with Gasteiger partial charge in [-0.1, -0.05) is 72.8 Å². The molecule has 144 valence electrons. The summed E-state index contributed by atoms with van der Waals surface area (Å²) in [4.78, 5) is 0. The quantitative estimate of drug-likeness (QED) is 0.296. The highest BCUT2D eigenvalue weighted by Gasteiger charge is 2.32. The molecule has 0 amide bonds. The number of benzene rings is 4. The van der Waals surface area contributed by atoms with E-state index in [9.17, 15) is 4.57 Å². The Balaban J connectivity index is 1.27. The highest BCUT2D eigenvalue weighted by atomic mass is 31.1.